The summed E-state index contributed by atoms with van der Waals surface area (Å²) in [4.78, 5) is 18.3. The molecular formula is C16H11F4N3O2S. The van der Waals surface area contributed by atoms with Crippen LogP contribution < -0.4 is 5.32 Å². The Kier molecular flexibility index (Phi) is 4.53. The fourth-order valence-electron chi connectivity index (χ4n) is 2.38. The van der Waals surface area contributed by atoms with Crippen LogP contribution in [0.1, 0.15) is 34.7 Å². The number of hydrogen-bond donors (Lipinski definition) is 2. The first-order valence-electron chi connectivity index (χ1n) is 7.27. The number of hydrogen-bond acceptors (Lipinski definition) is 5. The zero-order valence-electron chi connectivity index (χ0n) is 13.1. The van der Waals surface area contributed by atoms with E-state index in [9.17, 15) is 27.5 Å². The van der Waals surface area contributed by atoms with Gasteiger partial charge in [0.05, 0.1) is 17.2 Å². The van der Waals surface area contributed by atoms with Crippen LogP contribution in [0.25, 0.3) is 10.1 Å². The van der Waals surface area contributed by atoms with Crippen molar-refractivity contribution in [2.24, 2.45) is 0 Å². The van der Waals surface area contributed by atoms with Gasteiger partial charge in [0.2, 0.25) is 0 Å². The van der Waals surface area contributed by atoms with E-state index in [2.05, 4.69) is 15.3 Å². The molecule has 3 aromatic heterocycles. The molecule has 136 valence electrons. The Morgan fingerprint density at radius 1 is 1.27 bits per heavy atom. The second-order valence-electron chi connectivity index (χ2n) is 5.48. The molecule has 5 nitrogen and oxygen atoms in total. The second-order valence-corrected chi connectivity index (χ2v) is 6.57. The Balaban J connectivity index is 2.00. The Bertz CT molecular complexity index is 987. The molecule has 0 aliphatic rings. The number of pyridine rings is 2. The zero-order chi connectivity index (χ0) is 19.1. The molecule has 2 N–H and O–H groups in total. The van der Waals surface area contributed by atoms with Crippen LogP contribution in [0, 0.1) is 5.82 Å². The number of thiophene rings is 1. The van der Waals surface area contributed by atoms with Crippen LogP contribution in [-0.2, 0) is 6.18 Å². The molecular weight excluding hydrogens is 374 g/mol. The van der Waals surface area contributed by atoms with Crippen molar-refractivity contribution in [3.63, 3.8) is 0 Å². The summed E-state index contributed by atoms with van der Waals surface area (Å²) in [7, 11) is 0. The van der Waals surface area contributed by atoms with Gasteiger partial charge in [-0.1, -0.05) is 0 Å². The molecule has 0 aliphatic heterocycles. The number of nitrogens with one attached hydrogen (secondary N) is 1. The molecule has 0 aromatic carbocycles. The lowest BCUT2D eigenvalue weighted by molar-refractivity contribution is -0.141. The van der Waals surface area contributed by atoms with Crippen molar-refractivity contribution in [2.75, 3.05) is 5.32 Å². The van der Waals surface area contributed by atoms with Gasteiger partial charge >= 0.3 is 12.1 Å². The first kappa shape index (κ1) is 18.1. The molecule has 1 atom stereocenters. The molecule has 0 saturated heterocycles. The Morgan fingerprint density at radius 2 is 2.00 bits per heavy atom. The van der Waals surface area contributed by atoms with Crippen molar-refractivity contribution < 1.29 is 27.5 Å². The molecule has 3 heterocycles. The fraction of sp³-hybridized carbons (Fsp3) is 0.188. The summed E-state index contributed by atoms with van der Waals surface area (Å²) in [5.41, 5.74) is -1.40. The average Bonchev–Trinajstić information content (AvgIpc) is 2.95. The molecule has 3 aromatic rings. The molecule has 1 unspecified atom stereocenters. The summed E-state index contributed by atoms with van der Waals surface area (Å²) in [6.45, 7) is 1.72. The summed E-state index contributed by atoms with van der Waals surface area (Å²) in [6.07, 6.45) is -2.24. The van der Waals surface area contributed by atoms with Crippen molar-refractivity contribution in [3.05, 3.63) is 53.4 Å². The van der Waals surface area contributed by atoms with E-state index in [4.69, 9.17) is 0 Å². The van der Waals surface area contributed by atoms with E-state index in [0.717, 1.165) is 23.6 Å². The predicted octanol–water partition coefficient (Wildman–Crippen LogP) is 4.72. The first-order chi connectivity index (χ1) is 12.1. The summed E-state index contributed by atoms with van der Waals surface area (Å²) < 4.78 is 52.2. The summed E-state index contributed by atoms with van der Waals surface area (Å²) in [6, 6.07) is 3.12. The number of halogens is 4. The van der Waals surface area contributed by atoms with Gasteiger partial charge in [-0.05, 0) is 30.7 Å². The van der Waals surface area contributed by atoms with Crippen molar-refractivity contribution in [1.29, 1.82) is 0 Å². The van der Waals surface area contributed by atoms with Crippen LogP contribution in [0.3, 0.4) is 0 Å². The second kappa shape index (κ2) is 6.52. The minimum absolute atomic E-state index is 0.0996. The Labute approximate surface area is 148 Å². The smallest absolute Gasteiger partial charge is 0.433 e. The minimum atomic E-state index is -4.75. The van der Waals surface area contributed by atoms with Gasteiger partial charge in [-0.25, -0.2) is 14.2 Å². The van der Waals surface area contributed by atoms with Gasteiger partial charge in [0.1, 0.15) is 11.5 Å². The highest BCUT2D eigenvalue weighted by molar-refractivity contribution is 7.22. The Hall–Kier alpha value is -2.75. The molecule has 0 radical (unpaired) electrons. The maximum atomic E-state index is 13.3. The molecule has 0 aliphatic carbocycles. The number of carbonyl (C=O) groups is 1. The first-order valence-corrected chi connectivity index (χ1v) is 8.09. The summed E-state index contributed by atoms with van der Waals surface area (Å²) in [5, 5.41) is 12.7. The van der Waals surface area contributed by atoms with E-state index in [1.165, 1.54) is 18.3 Å². The molecule has 0 bridgehead atoms. The third-order valence-electron chi connectivity index (χ3n) is 3.59. The van der Waals surface area contributed by atoms with Crippen LogP contribution in [-0.4, -0.2) is 21.0 Å². The molecule has 26 heavy (non-hydrogen) atoms. The lowest BCUT2D eigenvalue weighted by Crippen LogP contribution is -2.11. The standard InChI is InChI=1S/C16H11F4N3O2S/c1-7(8-2-9(17)6-21-5-8)22-13-3-10-11(26-13)4-12(16(18,19)20)23-14(10)15(24)25/h2-7,22H,1H3,(H,24,25). The third-order valence-corrected chi connectivity index (χ3v) is 4.61. The molecule has 0 saturated carbocycles. The highest BCUT2D eigenvalue weighted by Gasteiger charge is 2.34. The van der Waals surface area contributed by atoms with Crippen LogP contribution in [0.2, 0.25) is 0 Å². The van der Waals surface area contributed by atoms with E-state index in [1.54, 1.807) is 6.92 Å². The lowest BCUT2D eigenvalue weighted by Gasteiger charge is -2.13. The SMILES string of the molecule is CC(Nc1cc2c(C(=O)O)nc(C(F)(F)F)cc2s1)c1cncc(F)c1. The predicted molar refractivity (Wildman–Crippen MR) is 87.8 cm³/mol. The van der Waals surface area contributed by atoms with Gasteiger partial charge in [-0.15, -0.1) is 11.3 Å². The quantitative estimate of drug-likeness (QED) is 0.636. The maximum Gasteiger partial charge on any atom is 0.433 e. The molecule has 0 amide bonds. The van der Waals surface area contributed by atoms with Gasteiger partial charge in [0.15, 0.2) is 5.69 Å². The minimum Gasteiger partial charge on any atom is -0.476 e. The van der Waals surface area contributed by atoms with Crippen LogP contribution in [0.4, 0.5) is 22.6 Å². The number of alkyl halides is 3. The van der Waals surface area contributed by atoms with Gasteiger partial charge < -0.3 is 10.4 Å². The van der Waals surface area contributed by atoms with Crippen LogP contribution in [0.5, 0.6) is 0 Å². The number of aromatic carboxylic acids is 1. The highest BCUT2D eigenvalue weighted by Crippen LogP contribution is 2.37. The van der Waals surface area contributed by atoms with Crippen LogP contribution >= 0.6 is 11.3 Å². The number of nitrogens with zero attached hydrogens (tertiary/aromatic N) is 2. The summed E-state index contributed by atoms with van der Waals surface area (Å²) in [5.74, 6) is -2.06. The lowest BCUT2D eigenvalue weighted by atomic mass is 10.1. The molecule has 3 rings (SSSR count). The number of carboxylic acid groups (broad SMARTS) is 1. The average molecular weight is 385 g/mol. The number of carboxylic acids is 1. The molecule has 10 heteroatoms. The van der Waals surface area contributed by atoms with Gasteiger partial charge in [-0.2, -0.15) is 13.2 Å². The highest BCUT2D eigenvalue weighted by atomic mass is 32.1. The van der Waals surface area contributed by atoms with E-state index in [0.29, 0.717) is 10.6 Å². The monoisotopic (exact) mass is 385 g/mol. The topological polar surface area (TPSA) is 75.1 Å². The van der Waals surface area contributed by atoms with Crippen molar-refractivity contribution in [2.45, 2.75) is 19.1 Å². The van der Waals surface area contributed by atoms with Crippen molar-refractivity contribution in [3.8, 4) is 0 Å². The van der Waals surface area contributed by atoms with Gasteiger partial charge in [0, 0.05) is 16.3 Å². The number of aromatic nitrogens is 2. The number of anilines is 1. The zero-order valence-corrected chi connectivity index (χ0v) is 14.0. The Morgan fingerprint density at radius 3 is 2.62 bits per heavy atom. The van der Waals surface area contributed by atoms with Gasteiger partial charge in [-0.3, -0.25) is 4.98 Å². The number of fused-ring (bicyclic) bond motifs is 1. The van der Waals surface area contributed by atoms with Gasteiger partial charge in [0.25, 0.3) is 0 Å². The number of rotatable bonds is 4. The largest absolute Gasteiger partial charge is 0.476 e. The van der Waals surface area contributed by atoms with Crippen molar-refractivity contribution >= 4 is 32.4 Å². The summed E-state index contributed by atoms with van der Waals surface area (Å²) >= 11 is 0.958. The van der Waals surface area contributed by atoms with E-state index >= 15 is 0 Å². The van der Waals surface area contributed by atoms with E-state index in [1.807, 2.05) is 0 Å². The van der Waals surface area contributed by atoms with E-state index in [-0.39, 0.29) is 10.1 Å². The van der Waals surface area contributed by atoms with E-state index < -0.39 is 35.4 Å². The fourth-order valence-corrected chi connectivity index (χ4v) is 3.46. The maximum absolute atomic E-state index is 13.3. The molecule has 0 fully saturated rings. The van der Waals surface area contributed by atoms with Crippen molar-refractivity contribution in [1.82, 2.24) is 9.97 Å². The third kappa shape index (κ3) is 3.59. The van der Waals surface area contributed by atoms with Crippen LogP contribution in [0.15, 0.2) is 30.6 Å². The normalized spacial score (nSPS) is 13.0. The molecule has 0 spiro atoms.